The Labute approximate surface area is 392 Å². The summed E-state index contributed by atoms with van der Waals surface area (Å²) >= 11 is 0. The highest BCUT2D eigenvalue weighted by Crippen LogP contribution is 2.59. The van der Waals surface area contributed by atoms with Crippen LogP contribution in [0.2, 0.25) is 0 Å². The predicted octanol–water partition coefficient (Wildman–Crippen LogP) is 9.21. The monoisotopic (exact) mass is 910 g/mol. The van der Waals surface area contributed by atoms with E-state index in [0.29, 0.717) is 69.5 Å². The molecule has 4 amide bonds. The van der Waals surface area contributed by atoms with Crippen LogP contribution >= 0.6 is 0 Å². The third-order valence-electron chi connectivity index (χ3n) is 16.7. The van der Waals surface area contributed by atoms with E-state index in [2.05, 4.69) is 21.3 Å². The molecular weight excluding hydrogens is 857 g/mol. The summed E-state index contributed by atoms with van der Waals surface area (Å²) in [6, 6.07) is 29.3. The van der Waals surface area contributed by atoms with Gasteiger partial charge in [0, 0.05) is 92.9 Å². The number of rotatable bonds is 0. The van der Waals surface area contributed by atoms with Gasteiger partial charge < -0.3 is 39.6 Å². The number of hydrogen-bond donors (Lipinski definition) is 4. The van der Waals surface area contributed by atoms with Gasteiger partial charge in [-0.1, -0.05) is 74.2 Å². The van der Waals surface area contributed by atoms with Crippen molar-refractivity contribution in [2.24, 2.45) is 35.5 Å². The molecule has 68 heavy (non-hydrogen) atoms. The van der Waals surface area contributed by atoms with Gasteiger partial charge in [-0.3, -0.25) is 19.2 Å². The second-order valence-electron chi connectivity index (χ2n) is 20.2. The summed E-state index contributed by atoms with van der Waals surface area (Å²) < 4.78 is 27.6. The molecule has 5 aromatic carbocycles. The standard InChI is InChI=1S/C56H54N4O8/c61-53-29-11-9-13-31(23-29)55(63)59-27-39-47-35-17-3-7-21-43(35)68-52(47)40(48-36-18-4-8-22-44(36)67-51(39)48)28-60-56(64)32-14-10-12-30(24-32)54(62)58-26-38-46-34-16-2-6-20-42(34)66-50(46)37(25-57-53)45-33-15-1-5-19-41(33)65-49(38)45/h1-2,5-6,9-16,19-20,23-24,35-36,39-40,43-44,47-48,51-52H,3-4,7-8,17-18,21-22,25-28H2,(H,57,61)(H,58,62)(H,59,63)(H,60,64)/t35?,36?,39-,40?,43+,44+,47?,48?,51-,52-/m0/s1. The Kier molecular flexibility index (Phi) is 10.2. The number of amides is 4. The maximum absolute atomic E-state index is 14.3. The molecule has 346 valence electrons. The lowest BCUT2D eigenvalue weighted by molar-refractivity contribution is -0.107. The van der Waals surface area contributed by atoms with Crippen LogP contribution in [0.5, 0.6) is 0 Å². The quantitative estimate of drug-likeness (QED) is 0.117. The van der Waals surface area contributed by atoms with Crippen LogP contribution in [0.25, 0.3) is 43.9 Å². The predicted molar refractivity (Wildman–Crippen MR) is 256 cm³/mol. The molecule has 5 heterocycles. The number of carbonyl (C=O) groups excluding carboxylic acids is 4. The third kappa shape index (κ3) is 6.76. The summed E-state index contributed by atoms with van der Waals surface area (Å²) in [5.74, 6) is -0.119. The van der Waals surface area contributed by atoms with Gasteiger partial charge in [0.05, 0.1) is 24.4 Å². The SMILES string of the molecule is O=C1NCc2c3oc4ccccc4c3c(c3oc4ccccc4c23)CNC(=O)c2cccc(c2)C(=O)NC[C@H]2C3C4CCCC[C@H]4O[C@H]3C(CNC(=O)c3cccc1c3)C1C3CCCC[C@H]3O[C@H]12. The van der Waals surface area contributed by atoms with Crippen molar-refractivity contribution in [3.63, 3.8) is 0 Å². The fourth-order valence-electron chi connectivity index (χ4n) is 13.8. The number of ether oxygens (including phenoxy) is 2. The van der Waals surface area contributed by atoms with Crippen LogP contribution < -0.4 is 21.3 Å². The summed E-state index contributed by atoms with van der Waals surface area (Å²) in [4.78, 5) is 57.1. The summed E-state index contributed by atoms with van der Waals surface area (Å²) in [7, 11) is 0. The van der Waals surface area contributed by atoms with Crippen molar-refractivity contribution < 1.29 is 37.5 Å². The lowest BCUT2D eigenvalue weighted by atomic mass is 9.57. The fraction of sp³-hybridized carbons (Fsp3) is 0.393. The molecule has 7 aromatic rings. The lowest BCUT2D eigenvalue weighted by Crippen LogP contribution is -2.57. The van der Waals surface area contributed by atoms with Crippen LogP contribution in [-0.2, 0) is 22.6 Å². The topological polar surface area (TPSA) is 161 Å². The van der Waals surface area contributed by atoms with Crippen LogP contribution in [0.3, 0.4) is 0 Å². The van der Waals surface area contributed by atoms with Gasteiger partial charge in [-0.25, -0.2) is 0 Å². The van der Waals surface area contributed by atoms with Crippen LogP contribution in [0.15, 0.2) is 106 Å². The Bertz CT molecular complexity index is 2980. The average molecular weight is 911 g/mol. The van der Waals surface area contributed by atoms with Gasteiger partial charge in [0.2, 0.25) is 0 Å². The first-order valence-electron chi connectivity index (χ1n) is 24.8. The second-order valence-corrected chi connectivity index (χ2v) is 20.2. The molecule has 3 saturated carbocycles. The zero-order chi connectivity index (χ0) is 45.6. The lowest BCUT2D eigenvalue weighted by Gasteiger charge is -2.48. The Morgan fingerprint density at radius 2 is 0.824 bits per heavy atom. The van der Waals surface area contributed by atoms with E-state index in [1.165, 1.54) is 0 Å². The van der Waals surface area contributed by atoms with Crippen LogP contribution in [0.1, 0.15) is 104 Å². The molecule has 4 N–H and O–H groups in total. The zero-order valence-electron chi connectivity index (χ0n) is 37.8. The molecule has 2 saturated heterocycles. The molecule has 13 rings (SSSR count). The molecule has 5 fully saturated rings. The first kappa shape index (κ1) is 41.7. The van der Waals surface area contributed by atoms with Gasteiger partial charge in [0.1, 0.15) is 22.3 Å². The Balaban J connectivity index is 0.914. The van der Waals surface area contributed by atoms with Gasteiger partial charge in [-0.05, 0) is 97.9 Å². The van der Waals surface area contributed by atoms with Gasteiger partial charge in [-0.2, -0.15) is 0 Å². The van der Waals surface area contributed by atoms with Crippen molar-refractivity contribution in [1.82, 2.24) is 21.3 Å². The van der Waals surface area contributed by atoms with Gasteiger partial charge in [-0.15, -0.1) is 0 Å². The van der Waals surface area contributed by atoms with E-state index >= 15 is 0 Å². The molecule has 12 heteroatoms. The van der Waals surface area contributed by atoms with Crippen LogP contribution in [0.4, 0.5) is 0 Å². The number of carbonyl (C=O) groups is 4. The van der Waals surface area contributed by atoms with Crippen molar-refractivity contribution in [3.8, 4) is 0 Å². The molecule has 3 aliphatic heterocycles. The maximum atomic E-state index is 14.3. The molecule has 0 spiro atoms. The zero-order valence-corrected chi connectivity index (χ0v) is 37.8. The molecule has 6 aliphatic rings. The first-order valence-corrected chi connectivity index (χ1v) is 24.8. The molecule has 2 aromatic heterocycles. The number of furan rings is 2. The summed E-state index contributed by atoms with van der Waals surface area (Å²) in [5.41, 5.74) is 5.42. The molecule has 0 radical (unpaired) electrons. The fourth-order valence-corrected chi connectivity index (χ4v) is 13.8. The van der Waals surface area contributed by atoms with Crippen LogP contribution in [-0.4, -0.2) is 61.1 Å². The van der Waals surface area contributed by atoms with Crippen molar-refractivity contribution in [3.05, 3.63) is 130 Å². The van der Waals surface area contributed by atoms with Crippen molar-refractivity contribution in [1.29, 1.82) is 0 Å². The van der Waals surface area contributed by atoms with E-state index in [1.54, 1.807) is 48.5 Å². The highest BCUT2D eigenvalue weighted by molar-refractivity contribution is 6.19. The molecule has 10 atom stereocenters. The normalized spacial score (nSPS) is 29.8. The van der Waals surface area contributed by atoms with Crippen molar-refractivity contribution in [2.45, 2.75) is 88.9 Å². The number of hydrogen-bond acceptors (Lipinski definition) is 8. The van der Waals surface area contributed by atoms with Gasteiger partial charge in [0.25, 0.3) is 23.6 Å². The van der Waals surface area contributed by atoms with Gasteiger partial charge in [0.15, 0.2) is 0 Å². The summed E-state index contributed by atoms with van der Waals surface area (Å²) in [5, 5.41) is 16.2. The Morgan fingerprint density at radius 1 is 0.426 bits per heavy atom. The number of benzene rings is 5. The highest BCUT2D eigenvalue weighted by atomic mass is 16.5. The first-order chi connectivity index (χ1) is 33.4. The maximum Gasteiger partial charge on any atom is 0.251 e. The molecule has 12 nitrogen and oxygen atoms in total. The van der Waals surface area contributed by atoms with Crippen molar-refractivity contribution >= 4 is 67.5 Å². The smallest absolute Gasteiger partial charge is 0.251 e. The van der Waals surface area contributed by atoms with Crippen LogP contribution in [0, 0.1) is 35.5 Å². The number of para-hydroxylation sites is 2. The highest BCUT2D eigenvalue weighted by Gasteiger charge is 2.64. The minimum Gasteiger partial charge on any atom is -0.456 e. The third-order valence-corrected chi connectivity index (χ3v) is 16.7. The van der Waals surface area contributed by atoms with Gasteiger partial charge >= 0.3 is 0 Å². The minimum atomic E-state index is -0.339. The largest absolute Gasteiger partial charge is 0.456 e. The van der Waals surface area contributed by atoms with E-state index in [4.69, 9.17) is 18.3 Å². The molecule has 3 aliphatic carbocycles. The Hall–Kier alpha value is -6.50. The summed E-state index contributed by atoms with van der Waals surface area (Å²) in [6.45, 7) is 1.03. The van der Waals surface area contributed by atoms with E-state index in [-0.39, 0.29) is 84.8 Å². The molecule has 8 bridgehead atoms. The van der Waals surface area contributed by atoms with E-state index in [1.807, 2.05) is 48.5 Å². The molecule has 5 unspecified atom stereocenters. The molecular formula is C56H54N4O8. The van der Waals surface area contributed by atoms with E-state index in [0.717, 1.165) is 84.0 Å². The minimum absolute atomic E-state index is 0.0251. The summed E-state index contributed by atoms with van der Waals surface area (Å²) in [6.07, 6.45) is 8.80. The second kappa shape index (κ2) is 16.6. The number of fused-ring (bicyclic) bond motifs is 16. The Morgan fingerprint density at radius 3 is 1.26 bits per heavy atom. The van der Waals surface area contributed by atoms with E-state index < -0.39 is 0 Å². The average Bonchev–Trinajstić information content (AvgIpc) is 4.16. The number of nitrogens with one attached hydrogen (secondary N) is 4. The van der Waals surface area contributed by atoms with Crippen molar-refractivity contribution in [2.75, 3.05) is 13.1 Å². The van der Waals surface area contributed by atoms with E-state index in [9.17, 15) is 19.2 Å².